The van der Waals surface area contributed by atoms with Crippen LogP contribution in [0.5, 0.6) is 0 Å². The average molecular weight is 383 g/mol. The molecule has 0 aromatic rings. The topological polar surface area (TPSA) is 17.1 Å². The third kappa shape index (κ3) is 2.41. The van der Waals surface area contributed by atoms with Crippen LogP contribution in [0.2, 0.25) is 0 Å². The SMILES string of the molecule is C[C@@H]1CC[C@]2(Br)C(=O)[C@@H]3C(C)(C)CCC[C@@]3(C)CC[C@H]1C2(C)C. The van der Waals surface area contributed by atoms with Crippen molar-refractivity contribution in [3.8, 4) is 0 Å². The molecule has 0 saturated heterocycles. The van der Waals surface area contributed by atoms with E-state index in [2.05, 4.69) is 57.5 Å². The molecule has 132 valence electrons. The lowest BCUT2D eigenvalue weighted by Gasteiger charge is -2.61. The fourth-order valence-corrected chi connectivity index (χ4v) is 7.63. The van der Waals surface area contributed by atoms with Gasteiger partial charge in [0.05, 0.1) is 4.32 Å². The Balaban J connectivity index is 2.13. The number of hydrogen-bond acceptors (Lipinski definition) is 1. The minimum absolute atomic E-state index is 0.0522. The second-order valence-corrected chi connectivity index (χ2v) is 11.8. The predicted molar refractivity (Wildman–Crippen MR) is 101 cm³/mol. The van der Waals surface area contributed by atoms with Gasteiger partial charge in [-0.3, -0.25) is 4.79 Å². The number of fused-ring (bicyclic) bond motifs is 3. The molecule has 3 aliphatic carbocycles. The Kier molecular flexibility index (Phi) is 4.15. The molecule has 5 atom stereocenters. The van der Waals surface area contributed by atoms with E-state index in [-0.39, 0.29) is 26.5 Å². The van der Waals surface area contributed by atoms with E-state index in [1.165, 1.54) is 38.5 Å². The average Bonchev–Trinajstić information content (AvgIpc) is 2.41. The highest BCUT2D eigenvalue weighted by molar-refractivity contribution is 9.10. The van der Waals surface area contributed by atoms with Crippen LogP contribution in [-0.2, 0) is 4.79 Å². The number of carbonyl (C=O) groups is 1. The van der Waals surface area contributed by atoms with Crippen LogP contribution in [0.15, 0.2) is 0 Å². The standard InChI is InChI=1S/C21H35BrO/c1-14-8-13-21(22)17(23)16-18(2,3)10-7-11-20(16,6)12-9-15(14)19(21,4)5/h14-16H,7-13H2,1-6H3/t14-,15-,16-,20+,21+/m1/s1. The summed E-state index contributed by atoms with van der Waals surface area (Å²) in [4.78, 5) is 14.0. The first-order valence-corrected chi connectivity index (χ1v) is 10.5. The Morgan fingerprint density at radius 3 is 2.26 bits per heavy atom. The number of carbonyl (C=O) groups excluding carboxylic acids is 1. The molecule has 3 rings (SSSR count). The van der Waals surface area contributed by atoms with Crippen molar-refractivity contribution in [2.45, 2.75) is 90.8 Å². The Labute approximate surface area is 151 Å². The van der Waals surface area contributed by atoms with E-state index in [9.17, 15) is 4.79 Å². The molecule has 0 aliphatic heterocycles. The third-order valence-electron chi connectivity index (χ3n) is 8.31. The monoisotopic (exact) mass is 382 g/mol. The lowest BCUT2D eigenvalue weighted by atomic mass is 9.45. The van der Waals surface area contributed by atoms with E-state index in [0.29, 0.717) is 11.7 Å². The smallest absolute Gasteiger partial charge is 0.154 e. The highest BCUT2D eigenvalue weighted by Crippen LogP contribution is 2.64. The molecule has 0 unspecified atom stereocenters. The van der Waals surface area contributed by atoms with Gasteiger partial charge < -0.3 is 0 Å². The molecule has 3 aliphatic rings. The van der Waals surface area contributed by atoms with Gasteiger partial charge in [-0.25, -0.2) is 0 Å². The van der Waals surface area contributed by atoms with Crippen LogP contribution in [-0.4, -0.2) is 10.1 Å². The van der Waals surface area contributed by atoms with Crippen LogP contribution in [0.25, 0.3) is 0 Å². The zero-order valence-corrected chi connectivity index (χ0v) is 17.6. The lowest BCUT2D eigenvalue weighted by Crippen LogP contribution is -2.62. The summed E-state index contributed by atoms with van der Waals surface area (Å²) in [6.45, 7) is 14.2. The van der Waals surface area contributed by atoms with Gasteiger partial charge in [0.2, 0.25) is 0 Å². The minimum Gasteiger partial charge on any atom is -0.298 e. The van der Waals surface area contributed by atoms with E-state index in [1.807, 2.05) is 0 Å². The van der Waals surface area contributed by atoms with Crippen LogP contribution in [0, 0.1) is 34.0 Å². The first-order chi connectivity index (χ1) is 10.5. The summed E-state index contributed by atoms with van der Waals surface area (Å²) in [5, 5.41) is 0. The van der Waals surface area contributed by atoms with Gasteiger partial charge in [-0.15, -0.1) is 0 Å². The molecule has 0 aromatic heterocycles. The number of ketones is 1. The lowest BCUT2D eigenvalue weighted by molar-refractivity contribution is -0.151. The number of hydrogen-bond donors (Lipinski definition) is 0. The van der Waals surface area contributed by atoms with Crippen LogP contribution >= 0.6 is 15.9 Å². The second-order valence-electron chi connectivity index (χ2n) is 10.5. The van der Waals surface area contributed by atoms with Crippen molar-refractivity contribution in [3.05, 3.63) is 0 Å². The number of halogens is 1. The number of rotatable bonds is 0. The zero-order chi connectivity index (χ0) is 17.3. The molecule has 1 nitrogen and oxygen atoms in total. The molecule has 0 amide bonds. The maximum absolute atomic E-state index is 14.0. The predicted octanol–water partition coefficient (Wildman–Crippen LogP) is 6.39. The fourth-order valence-electron chi connectivity index (χ4n) is 6.88. The molecule has 0 N–H and O–H groups in total. The van der Waals surface area contributed by atoms with E-state index in [4.69, 9.17) is 0 Å². The van der Waals surface area contributed by atoms with Gasteiger partial charge in [0.25, 0.3) is 0 Å². The molecule has 3 fully saturated rings. The maximum atomic E-state index is 14.0. The molecule has 2 heteroatoms. The molecule has 2 bridgehead atoms. The highest BCUT2D eigenvalue weighted by Gasteiger charge is 2.63. The van der Waals surface area contributed by atoms with E-state index >= 15 is 0 Å². The first-order valence-electron chi connectivity index (χ1n) is 9.69. The van der Waals surface area contributed by atoms with Crippen LogP contribution in [0.1, 0.15) is 86.5 Å². The molecular formula is C21H35BrO. The zero-order valence-electron chi connectivity index (χ0n) is 16.0. The Hall–Kier alpha value is 0.150. The summed E-state index contributed by atoms with van der Waals surface area (Å²) >= 11 is 4.07. The van der Waals surface area contributed by atoms with Crippen molar-refractivity contribution >= 4 is 21.7 Å². The van der Waals surface area contributed by atoms with Crippen molar-refractivity contribution in [1.29, 1.82) is 0 Å². The first kappa shape index (κ1) is 18.0. The fraction of sp³-hybridized carbons (Fsp3) is 0.952. The van der Waals surface area contributed by atoms with E-state index in [0.717, 1.165) is 12.3 Å². The summed E-state index contributed by atoms with van der Waals surface area (Å²) in [5.74, 6) is 2.13. The molecule has 0 aromatic carbocycles. The van der Waals surface area contributed by atoms with Gasteiger partial charge in [0.1, 0.15) is 0 Å². The Morgan fingerprint density at radius 2 is 1.61 bits per heavy atom. The van der Waals surface area contributed by atoms with Gasteiger partial charge >= 0.3 is 0 Å². The third-order valence-corrected chi connectivity index (χ3v) is 10.1. The summed E-state index contributed by atoms with van der Waals surface area (Å²) in [6.07, 6.45) is 8.44. The van der Waals surface area contributed by atoms with Crippen LogP contribution in [0.3, 0.4) is 0 Å². The number of Topliss-reactive ketones (excluding diaryl/α,β-unsaturated/α-hetero) is 1. The largest absolute Gasteiger partial charge is 0.298 e. The van der Waals surface area contributed by atoms with Crippen molar-refractivity contribution in [3.63, 3.8) is 0 Å². The van der Waals surface area contributed by atoms with Gasteiger partial charge in [0.15, 0.2) is 5.78 Å². The highest BCUT2D eigenvalue weighted by atomic mass is 79.9. The van der Waals surface area contributed by atoms with Crippen molar-refractivity contribution in [1.82, 2.24) is 0 Å². The summed E-state index contributed by atoms with van der Waals surface area (Å²) < 4.78 is -0.321. The van der Waals surface area contributed by atoms with Crippen molar-refractivity contribution in [2.24, 2.45) is 34.0 Å². The Morgan fingerprint density at radius 1 is 0.957 bits per heavy atom. The molecule has 0 radical (unpaired) electrons. The Bertz CT molecular complexity index is 508. The van der Waals surface area contributed by atoms with Crippen LogP contribution in [0.4, 0.5) is 0 Å². The van der Waals surface area contributed by atoms with Gasteiger partial charge in [-0.1, -0.05) is 63.9 Å². The van der Waals surface area contributed by atoms with Crippen LogP contribution < -0.4 is 0 Å². The summed E-state index contributed by atoms with van der Waals surface area (Å²) in [7, 11) is 0. The summed E-state index contributed by atoms with van der Waals surface area (Å²) in [5.41, 5.74) is 0.386. The quantitative estimate of drug-likeness (QED) is 0.443. The minimum atomic E-state index is -0.321. The molecule has 0 heterocycles. The van der Waals surface area contributed by atoms with Gasteiger partial charge in [-0.05, 0) is 66.6 Å². The van der Waals surface area contributed by atoms with Gasteiger partial charge in [0, 0.05) is 5.92 Å². The van der Waals surface area contributed by atoms with E-state index < -0.39 is 0 Å². The van der Waals surface area contributed by atoms with Crippen molar-refractivity contribution < 1.29 is 4.79 Å². The van der Waals surface area contributed by atoms with Crippen molar-refractivity contribution in [2.75, 3.05) is 0 Å². The number of alkyl halides is 1. The molecule has 3 saturated carbocycles. The van der Waals surface area contributed by atoms with Gasteiger partial charge in [-0.2, -0.15) is 0 Å². The maximum Gasteiger partial charge on any atom is 0.154 e. The normalized spacial score (nSPS) is 49.0. The van der Waals surface area contributed by atoms with E-state index in [1.54, 1.807) is 0 Å². The molecular weight excluding hydrogens is 348 g/mol. The molecule has 0 spiro atoms. The second kappa shape index (κ2) is 5.32. The summed E-state index contributed by atoms with van der Waals surface area (Å²) in [6, 6.07) is 0. The molecule has 23 heavy (non-hydrogen) atoms.